The van der Waals surface area contributed by atoms with Gasteiger partial charge in [0, 0.05) is 11.0 Å². The summed E-state index contributed by atoms with van der Waals surface area (Å²) in [5.74, 6) is -1.29. The Hall–Kier alpha value is -1.60. The first kappa shape index (κ1) is 15.5. The molecule has 0 spiro atoms. The first-order chi connectivity index (χ1) is 8.91. The minimum Gasteiger partial charge on any atom is -0.480 e. The molecule has 1 aromatic rings. The fourth-order valence-corrected chi connectivity index (χ4v) is 1.82. The van der Waals surface area contributed by atoms with Gasteiger partial charge in [-0.25, -0.2) is 9.59 Å². The lowest BCUT2D eigenvalue weighted by atomic mass is 10.2. The Balaban J connectivity index is 2.52. The molecule has 1 aromatic carbocycles. The second kappa shape index (κ2) is 7.10. The number of carbonyl (C=O) groups is 2. The summed E-state index contributed by atoms with van der Waals surface area (Å²) in [5, 5.41) is 22.8. The van der Waals surface area contributed by atoms with Crippen LogP contribution in [-0.2, 0) is 11.3 Å². The molecular formula is C12H15BrN2O4. The highest BCUT2D eigenvalue weighted by molar-refractivity contribution is 9.10. The predicted molar refractivity (Wildman–Crippen MR) is 72.6 cm³/mol. The van der Waals surface area contributed by atoms with E-state index in [-0.39, 0.29) is 6.54 Å². The van der Waals surface area contributed by atoms with E-state index in [1.807, 2.05) is 24.3 Å². The lowest BCUT2D eigenvalue weighted by Gasteiger charge is -2.17. The number of hydrogen-bond acceptors (Lipinski definition) is 3. The van der Waals surface area contributed by atoms with Gasteiger partial charge in [0.15, 0.2) is 6.04 Å². The van der Waals surface area contributed by atoms with E-state index in [4.69, 9.17) is 5.11 Å². The van der Waals surface area contributed by atoms with E-state index in [1.165, 1.54) is 6.92 Å². The predicted octanol–water partition coefficient (Wildman–Crippen LogP) is 1.08. The van der Waals surface area contributed by atoms with Crippen LogP contribution in [0.4, 0.5) is 4.79 Å². The quantitative estimate of drug-likeness (QED) is 0.649. The number of halogens is 1. The molecule has 0 fully saturated rings. The fraction of sp³-hybridized carbons (Fsp3) is 0.333. The highest BCUT2D eigenvalue weighted by Gasteiger charge is 2.24. The molecule has 0 saturated carbocycles. The average Bonchev–Trinajstić information content (AvgIpc) is 2.34. The van der Waals surface area contributed by atoms with Crippen LogP contribution in [0.2, 0.25) is 0 Å². The molecule has 0 aliphatic carbocycles. The van der Waals surface area contributed by atoms with Crippen molar-refractivity contribution in [3.8, 4) is 0 Å². The van der Waals surface area contributed by atoms with Gasteiger partial charge in [0.05, 0.1) is 6.10 Å². The number of hydrogen-bond donors (Lipinski definition) is 4. The van der Waals surface area contributed by atoms with Crippen LogP contribution in [0.5, 0.6) is 0 Å². The highest BCUT2D eigenvalue weighted by Crippen LogP contribution is 2.15. The van der Waals surface area contributed by atoms with Crippen LogP contribution in [0.1, 0.15) is 12.5 Å². The van der Waals surface area contributed by atoms with Crippen LogP contribution in [0.15, 0.2) is 28.7 Å². The van der Waals surface area contributed by atoms with Crippen molar-refractivity contribution in [2.24, 2.45) is 0 Å². The van der Waals surface area contributed by atoms with E-state index >= 15 is 0 Å². The van der Waals surface area contributed by atoms with Crippen LogP contribution in [-0.4, -0.2) is 34.4 Å². The van der Waals surface area contributed by atoms with Gasteiger partial charge in [-0.2, -0.15) is 0 Å². The van der Waals surface area contributed by atoms with Crippen molar-refractivity contribution in [2.45, 2.75) is 25.6 Å². The van der Waals surface area contributed by atoms with Crippen molar-refractivity contribution < 1.29 is 19.8 Å². The van der Waals surface area contributed by atoms with Crippen molar-refractivity contribution in [1.82, 2.24) is 10.6 Å². The molecule has 4 N–H and O–H groups in total. The molecule has 7 heteroatoms. The molecule has 19 heavy (non-hydrogen) atoms. The summed E-state index contributed by atoms with van der Waals surface area (Å²) in [7, 11) is 0. The van der Waals surface area contributed by atoms with Crippen molar-refractivity contribution >= 4 is 27.9 Å². The molecule has 104 valence electrons. The number of aliphatic carboxylic acids is 1. The first-order valence-corrected chi connectivity index (χ1v) is 6.39. The molecule has 2 amide bonds. The lowest BCUT2D eigenvalue weighted by Crippen LogP contribution is -2.50. The average molecular weight is 331 g/mol. The molecule has 2 atom stereocenters. The zero-order valence-corrected chi connectivity index (χ0v) is 11.8. The first-order valence-electron chi connectivity index (χ1n) is 5.60. The molecule has 0 aliphatic rings. The topological polar surface area (TPSA) is 98.7 Å². The number of aliphatic hydroxyl groups excluding tert-OH is 1. The summed E-state index contributed by atoms with van der Waals surface area (Å²) >= 11 is 3.34. The third-order valence-electron chi connectivity index (χ3n) is 2.43. The van der Waals surface area contributed by atoms with Crippen LogP contribution in [0, 0.1) is 0 Å². The Labute approximate surface area is 118 Å². The standard InChI is InChI=1S/C12H15BrN2O4/c1-7(16)10(11(17)18)15-12(19)14-6-8-4-2-3-5-9(8)13/h2-5,7,10,16H,6H2,1H3,(H,17,18)(H2,14,15,19)/t7-,10+/m1/s1. The number of benzene rings is 1. The summed E-state index contributed by atoms with van der Waals surface area (Å²) in [6.07, 6.45) is -1.17. The van der Waals surface area contributed by atoms with Gasteiger partial charge in [0.1, 0.15) is 0 Å². The maximum absolute atomic E-state index is 11.5. The van der Waals surface area contributed by atoms with E-state index in [0.29, 0.717) is 0 Å². The minimum absolute atomic E-state index is 0.249. The number of nitrogens with one attached hydrogen (secondary N) is 2. The van der Waals surface area contributed by atoms with Crippen LogP contribution in [0.3, 0.4) is 0 Å². The van der Waals surface area contributed by atoms with E-state index < -0.39 is 24.1 Å². The van der Waals surface area contributed by atoms with Gasteiger partial charge in [-0.15, -0.1) is 0 Å². The highest BCUT2D eigenvalue weighted by atomic mass is 79.9. The number of urea groups is 1. The second-order valence-electron chi connectivity index (χ2n) is 3.97. The third-order valence-corrected chi connectivity index (χ3v) is 3.21. The Kier molecular flexibility index (Phi) is 5.78. The number of rotatable bonds is 5. The van der Waals surface area contributed by atoms with Gasteiger partial charge < -0.3 is 20.8 Å². The van der Waals surface area contributed by atoms with E-state index in [0.717, 1.165) is 10.0 Å². The number of carboxylic acid groups (broad SMARTS) is 1. The summed E-state index contributed by atoms with van der Waals surface area (Å²) < 4.78 is 0.848. The number of aliphatic hydroxyl groups is 1. The molecule has 0 heterocycles. The van der Waals surface area contributed by atoms with Gasteiger partial charge in [0.25, 0.3) is 0 Å². The van der Waals surface area contributed by atoms with Crippen molar-refractivity contribution in [3.05, 3.63) is 34.3 Å². The summed E-state index contributed by atoms with van der Waals surface area (Å²) in [6, 6.07) is 5.36. The van der Waals surface area contributed by atoms with Gasteiger partial charge >= 0.3 is 12.0 Å². The molecular weight excluding hydrogens is 316 g/mol. The summed E-state index contributed by atoms with van der Waals surface area (Å²) in [4.78, 5) is 22.3. The second-order valence-corrected chi connectivity index (χ2v) is 4.83. The Morgan fingerprint density at radius 2 is 2.00 bits per heavy atom. The molecule has 0 aliphatic heterocycles. The molecule has 6 nitrogen and oxygen atoms in total. The normalized spacial score (nSPS) is 13.4. The third kappa shape index (κ3) is 4.88. The fourth-order valence-electron chi connectivity index (χ4n) is 1.40. The molecule has 1 rings (SSSR count). The Bertz CT molecular complexity index is 465. The van der Waals surface area contributed by atoms with Crippen molar-refractivity contribution in [3.63, 3.8) is 0 Å². The number of carbonyl (C=O) groups excluding carboxylic acids is 1. The zero-order valence-electron chi connectivity index (χ0n) is 10.3. The van der Waals surface area contributed by atoms with Crippen molar-refractivity contribution in [2.75, 3.05) is 0 Å². The maximum Gasteiger partial charge on any atom is 0.328 e. The van der Waals surface area contributed by atoms with Gasteiger partial charge in [-0.1, -0.05) is 34.1 Å². The molecule has 0 unspecified atom stereocenters. The molecule has 0 aromatic heterocycles. The smallest absolute Gasteiger partial charge is 0.328 e. The van der Waals surface area contributed by atoms with Gasteiger partial charge in [-0.3, -0.25) is 0 Å². The van der Waals surface area contributed by atoms with Crippen LogP contribution < -0.4 is 10.6 Å². The van der Waals surface area contributed by atoms with Gasteiger partial charge in [-0.05, 0) is 18.6 Å². The number of amides is 2. The zero-order chi connectivity index (χ0) is 14.4. The SMILES string of the molecule is C[C@@H](O)[C@H](NC(=O)NCc1ccccc1Br)C(=O)O. The molecule has 0 radical (unpaired) electrons. The minimum atomic E-state index is -1.33. The summed E-state index contributed by atoms with van der Waals surface area (Å²) in [6.45, 7) is 1.55. The Morgan fingerprint density at radius 1 is 1.37 bits per heavy atom. The van der Waals surface area contributed by atoms with Gasteiger partial charge in [0.2, 0.25) is 0 Å². The van der Waals surface area contributed by atoms with E-state index in [2.05, 4.69) is 26.6 Å². The number of carboxylic acids is 1. The van der Waals surface area contributed by atoms with Crippen LogP contribution >= 0.6 is 15.9 Å². The molecule has 0 saturated heterocycles. The van der Waals surface area contributed by atoms with Crippen molar-refractivity contribution in [1.29, 1.82) is 0 Å². The van der Waals surface area contributed by atoms with Crippen LogP contribution in [0.25, 0.3) is 0 Å². The van der Waals surface area contributed by atoms with E-state index in [1.54, 1.807) is 0 Å². The lowest BCUT2D eigenvalue weighted by molar-refractivity contribution is -0.141. The molecule has 0 bridgehead atoms. The maximum atomic E-state index is 11.5. The Morgan fingerprint density at radius 3 is 2.53 bits per heavy atom. The summed E-state index contributed by atoms with van der Waals surface area (Å²) in [5.41, 5.74) is 0.863. The largest absolute Gasteiger partial charge is 0.480 e. The monoisotopic (exact) mass is 330 g/mol. The van der Waals surface area contributed by atoms with E-state index in [9.17, 15) is 14.7 Å².